The van der Waals surface area contributed by atoms with Gasteiger partial charge in [-0.2, -0.15) is 0 Å². The highest BCUT2D eigenvalue weighted by Gasteiger charge is 2.20. The van der Waals surface area contributed by atoms with Crippen molar-refractivity contribution in [2.24, 2.45) is 0 Å². The number of para-hydroxylation sites is 2. The smallest absolute Gasteiger partial charge is 0.152 e. The number of fused-ring (bicyclic) bond motifs is 2. The van der Waals surface area contributed by atoms with Gasteiger partial charge in [0, 0.05) is 11.5 Å². The van der Waals surface area contributed by atoms with Gasteiger partial charge < -0.3 is 9.64 Å². The van der Waals surface area contributed by atoms with Crippen molar-refractivity contribution in [3.63, 3.8) is 0 Å². The molecular formula is C13H10BrNO. The molecule has 0 atom stereocenters. The number of hydrogen-bond donors (Lipinski definition) is 0. The highest BCUT2D eigenvalue weighted by Crippen LogP contribution is 2.46. The quantitative estimate of drug-likeness (QED) is 0.710. The van der Waals surface area contributed by atoms with E-state index in [2.05, 4.69) is 33.0 Å². The summed E-state index contributed by atoms with van der Waals surface area (Å²) in [7, 11) is 2.05. The summed E-state index contributed by atoms with van der Waals surface area (Å²) >= 11 is 3.45. The fourth-order valence-electron chi connectivity index (χ4n) is 1.92. The molecule has 2 aromatic carbocycles. The molecule has 0 saturated heterocycles. The molecule has 2 aromatic rings. The molecule has 0 aromatic heterocycles. The summed E-state index contributed by atoms with van der Waals surface area (Å²) < 4.78 is 6.88. The second-order valence-electron chi connectivity index (χ2n) is 3.74. The van der Waals surface area contributed by atoms with Gasteiger partial charge in [0.1, 0.15) is 0 Å². The number of ether oxygens (including phenoxy) is 1. The van der Waals surface area contributed by atoms with Gasteiger partial charge in [-0.15, -0.1) is 0 Å². The third kappa shape index (κ3) is 1.39. The SMILES string of the molecule is CN1c2ccccc2Oc2cc(Br)ccc21. The molecule has 0 aliphatic carbocycles. The maximum absolute atomic E-state index is 5.86. The average molecular weight is 276 g/mol. The average Bonchev–Trinajstić information content (AvgIpc) is 2.29. The molecular weight excluding hydrogens is 266 g/mol. The Morgan fingerprint density at radius 2 is 1.75 bits per heavy atom. The van der Waals surface area contributed by atoms with Gasteiger partial charge in [0.15, 0.2) is 11.5 Å². The number of benzene rings is 2. The van der Waals surface area contributed by atoms with E-state index in [-0.39, 0.29) is 0 Å². The van der Waals surface area contributed by atoms with Crippen molar-refractivity contribution >= 4 is 27.3 Å². The van der Waals surface area contributed by atoms with Crippen LogP contribution in [0.3, 0.4) is 0 Å². The van der Waals surface area contributed by atoms with Crippen LogP contribution >= 0.6 is 15.9 Å². The van der Waals surface area contributed by atoms with E-state index in [4.69, 9.17) is 4.74 Å². The zero-order valence-corrected chi connectivity index (χ0v) is 10.4. The topological polar surface area (TPSA) is 12.5 Å². The van der Waals surface area contributed by atoms with Crippen molar-refractivity contribution in [3.8, 4) is 11.5 Å². The number of hydrogen-bond acceptors (Lipinski definition) is 2. The van der Waals surface area contributed by atoms with Gasteiger partial charge in [-0.05, 0) is 30.3 Å². The second-order valence-corrected chi connectivity index (χ2v) is 4.66. The summed E-state index contributed by atoms with van der Waals surface area (Å²) in [6.45, 7) is 0. The first-order chi connectivity index (χ1) is 7.75. The van der Waals surface area contributed by atoms with E-state index in [0.29, 0.717) is 0 Å². The van der Waals surface area contributed by atoms with Gasteiger partial charge in [-0.3, -0.25) is 0 Å². The van der Waals surface area contributed by atoms with Gasteiger partial charge >= 0.3 is 0 Å². The lowest BCUT2D eigenvalue weighted by molar-refractivity contribution is 0.475. The molecule has 1 aliphatic rings. The Kier molecular flexibility index (Phi) is 2.14. The summed E-state index contributed by atoms with van der Waals surface area (Å²) in [6.07, 6.45) is 0. The number of halogens is 1. The molecule has 0 fully saturated rings. The number of rotatable bonds is 0. The van der Waals surface area contributed by atoms with E-state index in [0.717, 1.165) is 27.3 Å². The molecule has 3 rings (SSSR count). The first-order valence-electron chi connectivity index (χ1n) is 5.06. The highest BCUT2D eigenvalue weighted by atomic mass is 79.9. The number of anilines is 2. The standard InChI is InChI=1S/C13H10BrNO/c1-15-10-4-2-3-5-12(10)16-13-8-9(14)6-7-11(13)15/h2-8H,1H3. The summed E-state index contributed by atoms with van der Waals surface area (Å²) in [4.78, 5) is 2.14. The lowest BCUT2D eigenvalue weighted by Crippen LogP contribution is -2.15. The van der Waals surface area contributed by atoms with Crippen LogP contribution in [0.1, 0.15) is 0 Å². The Labute approximate surface area is 103 Å². The van der Waals surface area contributed by atoms with Gasteiger partial charge in [0.05, 0.1) is 11.4 Å². The molecule has 3 heteroatoms. The van der Waals surface area contributed by atoms with Crippen LogP contribution in [0, 0.1) is 0 Å². The van der Waals surface area contributed by atoms with Crippen LogP contribution in [0.5, 0.6) is 11.5 Å². The third-order valence-electron chi connectivity index (χ3n) is 2.73. The fourth-order valence-corrected chi connectivity index (χ4v) is 2.26. The molecule has 0 saturated carbocycles. The Bertz CT molecular complexity index is 553. The molecule has 2 nitrogen and oxygen atoms in total. The van der Waals surface area contributed by atoms with E-state index in [1.165, 1.54) is 0 Å². The first-order valence-corrected chi connectivity index (χ1v) is 5.85. The maximum Gasteiger partial charge on any atom is 0.152 e. The molecule has 0 unspecified atom stereocenters. The number of nitrogens with zero attached hydrogens (tertiary/aromatic N) is 1. The van der Waals surface area contributed by atoms with Crippen LogP contribution < -0.4 is 9.64 Å². The lowest BCUT2D eigenvalue weighted by atomic mass is 10.2. The van der Waals surface area contributed by atoms with Crippen molar-refractivity contribution < 1.29 is 4.74 Å². The molecule has 16 heavy (non-hydrogen) atoms. The lowest BCUT2D eigenvalue weighted by Gasteiger charge is -2.29. The third-order valence-corrected chi connectivity index (χ3v) is 3.22. The van der Waals surface area contributed by atoms with Crippen LogP contribution in [0.15, 0.2) is 46.9 Å². The van der Waals surface area contributed by atoms with Crippen LogP contribution in [-0.4, -0.2) is 7.05 Å². The summed E-state index contributed by atoms with van der Waals surface area (Å²) in [5.41, 5.74) is 2.18. The molecule has 0 amide bonds. The van der Waals surface area contributed by atoms with Crippen LogP contribution in [0.25, 0.3) is 0 Å². The minimum absolute atomic E-state index is 0.885. The molecule has 80 valence electrons. The summed E-state index contributed by atoms with van der Waals surface area (Å²) in [5.74, 6) is 1.78. The zero-order chi connectivity index (χ0) is 11.1. The van der Waals surface area contributed by atoms with E-state index >= 15 is 0 Å². The zero-order valence-electron chi connectivity index (χ0n) is 8.77. The predicted molar refractivity (Wildman–Crippen MR) is 68.7 cm³/mol. The van der Waals surface area contributed by atoms with Gasteiger partial charge in [-0.1, -0.05) is 28.1 Å². The van der Waals surface area contributed by atoms with Crippen LogP contribution in [0.2, 0.25) is 0 Å². The van der Waals surface area contributed by atoms with Crippen LogP contribution in [0.4, 0.5) is 11.4 Å². The minimum Gasteiger partial charge on any atom is -0.453 e. The molecule has 0 N–H and O–H groups in total. The monoisotopic (exact) mass is 275 g/mol. The van der Waals surface area contributed by atoms with Crippen molar-refractivity contribution in [2.45, 2.75) is 0 Å². The summed E-state index contributed by atoms with van der Waals surface area (Å²) in [6, 6.07) is 14.1. The largest absolute Gasteiger partial charge is 0.453 e. The highest BCUT2D eigenvalue weighted by molar-refractivity contribution is 9.10. The molecule has 1 heterocycles. The van der Waals surface area contributed by atoms with Crippen LogP contribution in [-0.2, 0) is 0 Å². The van der Waals surface area contributed by atoms with Gasteiger partial charge in [0.2, 0.25) is 0 Å². The molecule has 0 bridgehead atoms. The Hall–Kier alpha value is -1.48. The van der Waals surface area contributed by atoms with Gasteiger partial charge in [-0.25, -0.2) is 0 Å². The Morgan fingerprint density at radius 3 is 2.62 bits per heavy atom. The summed E-state index contributed by atoms with van der Waals surface area (Å²) in [5, 5.41) is 0. The van der Waals surface area contributed by atoms with Crippen molar-refractivity contribution in [1.29, 1.82) is 0 Å². The van der Waals surface area contributed by atoms with Crippen molar-refractivity contribution in [2.75, 3.05) is 11.9 Å². The van der Waals surface area contributed by atoms with Crippen molar-refractivity contribution in [1.82, 2.24) is 0 Å². The fraction of sp³-hybridized carbons (Fsp3) is 0.0769. The molecule has 0 radical (unpaired) electrons. The predicted octanol–water partition coefficient (Wildman–Crippen LogP) is 4.32. The van der Waals surface area contributed by atoms with Crippen molar-refractivity contribution in [3.05, 3.63) is 46.9 Å². The second kappa shape index (κ2) is 3.52. The maximum atomic E-state index is 5.86. The van der Waals surface area contributed by atoms with E-state index in [1.807, 2.05) is 37.4 Å². The Morgan fingerprint density at radius 1 is 1.00 bits per heavy atom. The van der Waals surface area contributed by atoms with E-state index in [9.17, 15) is 0 Å². The Balaban J connectivity index is 2.18. The van der Waals surface area contributed by atoms with Gasteiger partial charge in [0.25, 0.3) is 0 Å². The minimum atomic E-state index is 0.885. The molecule has 1 aliphatic heterocycles. The normalized spacial score (nSPS) is 12.8. The first kappa shape index (κ1) is 9.73. The van der Waals surface area contributed by atoms with E-state index in [1.54, 1.807) is 0 Å². The molecule has 0 spiro atoms. The van der Waals surface area contributed by atoms with E-state index < -0.39 is 0 Å².